The number of pyridine rings is 1. The van der Waals surface area contributed by atoms with E-state index in [1.807, 2.05) is 24.0 Å². The van der Waals surface area contributed by atoms with E-state index >= 15 is 0 Å². The Bertz CT molecular complexity index is 433. The second-order valence-corrected chi connectivity index (χ2v) is 5.09. The molecule has 4 heteroatoms. The zero-order chi connectivity index (χ0) is 13.1. The van der Waals surface area contributed by atoms with E-state index in [0.29, 0.717) is 17.7 Å². The Balaban J connectivity index is 2.15. The number of likely N-dealkylation sites (tertiary alicyclic amines) is 1. The Morgan fingerprint density at radius 2 is 2.28 bits per heavy atom. The first-order valence-corrected chi connectivity index (χ1v) is 6.63. The molecule has 0 aromatic carbocycles. The first kappa shape index (κ1) is 12.9. The van der Waals surface area contributed by atoms with E-state index in [1.54, 1.807) is 6.07 Å². The van der Waals surface area contributed by atoms with E-state index in [2.05, 4.69) is 24.1 Å². The third-order valence-corrected chi connectivity index (χ3v) is 3.37. The van der Waals surface area contributed by atoms with Crippen LogP contribution in [0.1, 0.15) is 37.7 Å². The van der Waals surface area contributed by atoms with Gasteiger partial charge in [0.15, 0.2) is 0 Å². The molecular weight excluding hydrogens is 226 g/mol. The first-order valence-electron chi connectivity index (χ1n) is 6.63. The number of nitrogens with zero attached hydrogens (tertiary/aromatic N) is 2. The van der Waals surface area contributed by atoms with Crippen molar-refractivity contribution in [1.29, 1.82) is 0 Å². The molecule has 2 unspecified atom stereocenters. The van der Waals surface area contributed by atoms with Crippen molar-refractivity contribution in [3.8, 4) is 0 Å². The molecule has 1 amide bonds. The number of hydrogen-bond acceptors (Lipinski definition) is 3. The highest BCUT2D eigenvalue weighted by Gasteiger charge is 2.31. The predicted molar refractivity (Wildman–Crippen MR) is 72.7 cm³/mol. The quantitative estimate of drug-likeness (QED) is 0.892. The number of amides is 1. The van der Waals surface area contributed by atoms with Gasteiger partial charge in [-0.3, -0.25) is 4.79 Å². The van der Waals surface area contributed by atoms with Gasteiger partial charge in [-0.1, -0.05) is 13.0 Å². The Labute approximate surface area is 108 Å². The summed E-state index contributed by atoms with van der Waals surface area (Å²) >= 11 is 0. The van der Waals surface area contributed by atoms with Crippen LogP contribution in [0.3, 0.4) is 0 Å². The summed E-state index contributed by atoms with van der Waals surface area (Å²) in [4.78, 5) is 18.7. The average molecular weight is 247 g/mol. The van der Waals surface area contributed by atoms with Crippen LogP contribution in [-0.4, -0.2) is 34.9 Å². The highest BCUT2D eigenvalue weighted by Crippen LogP contribution is 2.24. The van der Waals surface area contributed by atoms with Crippen LogP contribution in [0.25, 0.3) is 0 Å². The average Bonchev–Trinajstić information content (AvgIpc) is 2.68. The molecule has 2 heterocycles. The molecule has 4 nitrogen and oxygen atoms in total. The van der Waals surface area contributed by atoms with E-state index in [4.69, 9.17) is 0 Å². The van der Waals surface area contributed by atoms with Crippen molar-refractivity contribution in [2.24, 2.45) is 5.92 Å². The number of carbonyl (C=O) groups is 1. The number of rotatable bonds is 3. The summed E-state index contributed by atoms with van der Waals surface area (Å²) in [6, 6.07) is 5.87. The van der Waals surface area contributed by atoms with Gasteiger partial charge in [0.25, 0.3) is 5.91 Å². The summed E-state index contributed by atoms with van der Waals surface area (Å²) in [6.07, 6.45) is 1.08. The van der Waals surface area contributed by atoms with Crippen molar-refractivity contribution < 1.29 is 4.79 Å². The van der Waals surface area contributed by atoms with Crippen LogP contribution in [0.15, 0.2) is 18.2 Å². The fourth-order valence-electron chi connectivity index (χ4n) is 2.56. The molecule has 1 aliphatic heterocycles. The second-order valence-electron chi connectivity index (χ2n) is 5.09. The van der Waals surface area contributed by atoms with E-state index in [-0.39, 0.29) is 5.91 Å². The van der Waals surface area contributed by atoms with Crippen LogP contribution < -0.4 is 5.32 Å². The van der Waals surface area contributed by atoms with Crippen LogP contribution in [0.2, 0.25) is 0 Å². The molecule has 98 valence electrons. The van der Waals surface area contributed by atoms with Gasteiger partial charge in [0, 0.05) is 19.1 Å². The van der Waals surface area contributed by atoms with Gasteiger partial charge in [0.1, 0.15) is 11.5 Å². The van der Waals surface area contributed by atoms with Crippen LogP contribution >= 0.6 is 0 Å². The van der Waals surface area contributed by atoms with Crippen LogP contribution in [0, 0.1) is 5.92 Å². The second kappa shape index (κ2) is 5.38. The normalized spacial score (nSPS) is 23.2. The molecule has 1 N–H and O–H groups in total. The van der Waals surface area contributed by atoms with Gasteiger partial charge in [-0.2, -0.15) is 0 Å². The Morgan fingerprint density at radius 1 is 1.50 bits per heavy atom. The van der Waals surface area contributed by atoms with Crippen molar-refractivity contribution in [2.45, 2.75) is 33.2 Å². The summed E-state index contributed by atoms with van der Waals surface area (Å²) in [5, 5.41) is 3.13. The smallest absolute Gasteiger partial charge is 0.272 e. The Kier molecular flexibility index (Phi) is 3.84. The minimum Gasteiger partial charge on any atom is -0.370 e. The lowest BCUT2D eigenvalue weighted by Gasteiger charge is -2.21. The molecule has 2 rings (SSSR count). The van der Waals surface area contributed by atoms with Gasteiger partial charge >= 0.3 is 0 Å². The fraction of sp³-hybridized carbons (Fsp3) is 0.571. The number of aromatic nitrogens is 1. The summed E-state index contributed by atoms with van der Waals surface area (Å²) in [7, 11) is 0. The lowest BCUT2D eigenvalue weighted by atomic mass is 10.1. The molecule has 0 spiro atoms. The van der Waals surface area contributed by atoms with Gasteiger partial charge in [-0.25, -0.2) is 4.98 Å². The minimum absolute atomic E-state index is 0.0478. The maximum Gasteiger partial charge on any atom is 0.272 e. The standard InChI is InChI=1S/C14H21N3O/c1-4-15-13-7-5-6-12(16-13)14(18)17-9-10(2)8-11(17)3/h5-7,10-11H,4,8-9H2,1-3H3,(H,15,16). The predicted octanol–water partition coefficient (Wildman–Crippen LogP) is 2.38. The van der Waals surface area contributed by atoms with Gasteiger partial charge < -0.3 is 10.2 Å². The minimum atomic E-state index is 0.0478. The SMILES string of the molecule is CCNc1cccc(C(=O)N2CC(C)CC2C)n1. The van der Waals surface area contributed by atoms with Gasteiger partial charge in [0.05, 0.1) is 0 Å². The van der Waals surface area contributed by atoms with E-state index < -0.39 is 0 Å². The summed E-state index contributed by atoms with van der Waals surface area (Å²) in [5.74, 6) is 1.40. The molecule has 18 heavy (non-hydrogen) atoms. The van der Waals surface area contributed by atoms with Crippen molar-refractivity contribution in [3.63, 3.8) is 0 Å². The summed E-state index contributed by atoms with van der Waals surface area (Å²) in [6.45, 7) is 7.96. The lowest BCUT2D eigenvalue weighted by molar-refractivity contribution is 0.0738. The van der Waals surface area contributed by atoms with E-state index in [9.17, 15) is 4.79 Å². The molecule has 1 saturated heterocycles. The highest BCUT2D eigenvalue weighted by molar-refractivity contribution is 5.93. The largest absolute Gasteiger partial charge is 0.370 e. The fourth-order valence-corrected chi connectivity index (χ4v) is 2.56. The maximum absolute atomic E-state index is 12.4. The topological polar surface area (TPSA) is 45.2 Å². The third kappa shape index (κ3) is 2.63. The zero-order valence-electron chi connectivity index (χ0n) is 11.3. The molecule has 2 atom stereocenters. The Hall–Kier alpha value is -1.58. The van der Waals surface area contributed by atoms with Crippen LogP contribution in [0.5, 0.6) is 0 Å². The van der Waals surface area contributed by atoms with Crippen molar-refractivity contribution in [2.75, 3.05) is 18.4 Å². The molecular formula is C14H21N3O. The summed E-state index contributed by atoms with van der Waals surface area (Å²) < 4.78 is 0. The number of carbonyl (C=O) groups excluding carboxylic acids is 1. The molecule has 0 radical (unpaired) electrons. The van der Waals surface area contributed by atoms with Crippen molar-refractivity contribution in [3.05, 3.63) is 23.9 Å². The van der Waals surface area contributed by atoms with Crippen molar-refractivity contribution in [1.82, 2.24) is 9.88 Å². The highest BCUT2D eigenvalue weighted by atomic mass is 16.2. The van der Waals surface area contributed by atoms with Gasteiger partial charge in [0.2, 0.25) is 0 Å². The van der Waals surface area contributed by atoms with Crippen LogP contribution in [-0.2, 0) is 0 Å². The molecule has 1 aromatic heterocycles. The van der Waals surface area contributed by atoms with Crippen molar-refractivity contribution >= 4 is 11.7 Å². The number of nitrogens with one attached hydrogen (secondary N) is 1. The lowest BCUT2D eigenvalue weighted by Crippen LogP contribution is -2.34. The molecule has 0 saturated carbocycles. The third-order valence-electron chi connectivity index (χ3n) is 3.37. The monoisotopic (exact) mass is 247 g/mol. The Morgan fingerprint density at radius 3 is 2.89 bits per heavy atom. The summed E-state index contributed by atoms with van der Waals surface area (Å²) in [5.41, 5.74) is 0.536. The molecule has 0 aliphatic carbocycles. The number of hydrogen-bond donors (Lipinski definition) is 1. The molecule has 1 aromatic rings. The van der Waals surface area contributed by atoms with Gasteiger partial charge in [-0.05, 0) is 38.3 Å². The molecule has 0 bridgehead atoms. The maximum atomic E-state index is 12.4. The number of anilines is 1. The molecule has 1 fully saturated rings. The molecule has 1 aliphatic rings. The van der Waals surface area contributed by atoms with Gasteiger partial charge in [-0.15, -0.1) is 0 Å². The van der Waals surface area contributed by atoms with Crippen LogP contribution in [0.4, 0.5) is 5.82 Å². The van der Waals surface area contributed by atoms with E-state index in [1.165, 1.54) is 0 Å². The zero-order valence-corrected chi connectivity index (χ0v) is 11.3. The van der Waals surface area contributed by atoms with E-state index in [0.717, 1.165) is 25.3 Å². The first-order chi connectivity index (χ1) is 8.61.